The number of aryl methyl sites for hydroxylation is 1. The SMILES string of the molecule is Cc1ccsc1C(N)C(N)C(=O)O. The van der Waals surface area contributed by atoms with E-state index in [1.54, 1.807) is 0 Å². The molecule has 1 rings (SSSR count). The van der Waals surface area contributed by atoms with Crippen molar-refractivity contribution in [3.05, 3.63) is 21.9 Å². The quantitative estimate of drug-likeness (QED) is 0.661. The minimum Gasteiger partial charge on any atom is -0.480 e. The predicted molar refractivity (Wildman–Crippen MR) is 51.6 cm³/mol. The normalized spacial score (nSPS) is 15.3. The fourth-order valence-corrected chi connectivity index (χ4v) is 2.02. The highest BCUT2D eigenvalue weighted by Crippen LogP contribution is 2.23. The maximum atomic E-state index is 10.5. The number of rotatable bonds is 3. The summed E-state index contributed by atoms with van der Waals surface area (Å²) in [4.78, 5) is 11.4. The van der Waals surface area contributed by atoms with E-state index in [0.29, 0.717) is 0 Å². The second-order valence-corrected chi connectivity index (χ2v) is 3.81. The molecule has 0 saturated carbocycles. The predicted octanol–water partition coefficient (Wildman–Crippen LogP) is 0.468. The zero-order chi connectivity index (χ0) is 10.0. The molecule has 13 heavy (non-hydrogen) atoms. The van der Waals surface area contributed by atoms with Crippen LogP contribution < -0.4 is 11.5 Å². The van der Waals surface area contributed by atoms with Gasteiger partial charge in [-0.3, -0.25) is 4.79 Å². The molecular weight excluding hydrogens is 188 g/mol. The highest BCUT2D eigenvalue weighted by Gasteiger charge is 2.23. The highest BCUT2D eigenvalue weighted by atomic mass is 32.1. The van der Waals surface area contributed by atoms with Crippen LogP contribution in [0.1, 0.15) is 16.5 Å². The second-order valence-electron chi connectivity index (χ2n) is 2.86. The molecule has 0 aliphatic carbocycles. The fraction of sp³-hybridized carbons (Fsp3) is 0.375. The number of nitrogens with two attached hydrogens (primary N) is 2. The summed E-state index contributed by atoms with van der Waals surface area (Å²) < 4.78 is 0. The molecule has 2 atom stereocenters. The fourth-order valence-electron chi connectivity index (χ4n) is 1.04. The molecule has 72 valence electrons. The Kier molecular flexibility index (Phi) is 3.02. The van der Waals surface area contributed by atoms with Crippen molar-refractivity contribution in [1.29, 1.82) is 0 Å². The third kappa shape index (κ3) is 2.06. The van der Waals surface area contributed by atoms with Gasteiger partial charge in [0.15, 0.2) is 0 Å². The van der Waals surface area contributed by atoms with Crippen molar-refractivity contribution >= 4 is 17.3 Å². The molecule has 0 saturated heterocycles. The molecule has 0 bridgehead atoms. The molecule has 2 unspecified atom stereocenters. The first kappa shape index (κ1) is 10.2. The Morgan fingerprint density at radius 3 is 2.62 bits per heavy atom. The van der Waals surface area contributed by atoms with Crippen molar-refractivity contribution in [3.8, 4) is 0 Å². The van der Waals surface area contributed by atoms with Crippen LogP contribution in [0.3, 0.4) is 0 Å². The van der Waals surface area contributed by atoms with Crippen LogP contribution in [0.4, 0.5) is 0 Å². The molecule has 0 fully saturated rings. The van der Waals surface area contributed by atoms with E-state index in [-0.39, 0.29) is 0 Å². The Morgan fingerprint density at radius 2 is 2.23 bits per heavy atom. The van der Waals surface area contributed by atoms with Crippen molar-refractivity contribution in [1.82, 2.24) is 0 Å². The Morgan fingerprint density at radius 1 is 1.62 bits per heavy atom. The van der Waals surface area contributed by atoms with Gasteiger partial charge in [-0.1, -0.05) is 0 Å². The van der Waals surface area contributed by atoms with Crippen LogP contribution in [0, 0.1) is 6.92 Å². The number of hydrogen-bond acceptors (Lipinski definition) is 4. The number of carboxylic acids is 1. The van der Waals surface area contributed by atoms with Crippen LogP contribution in [0.25, 0.3) is 0 Å². The first-order valence-corrected chi connectivity index (χ1v) is 4.70. The zero-order valence-corrected chi connectivity index (χ0v) is 8.04. The molecule has 0 aliphatic heterocycles. The molecule has 0 spiro atoms. The van der Waals surface area contributed by atoms with Gasteiger partial charge >= 0.3 is 5.97 Å². The van der Waals surface area contributed by atoms with E-state index in [2.05, 4.69) is 0 Å². The Labute approximate surface area is 80.2 Å². The lowest BCUT2D eigenvalue weighted by Gasteiger charge is -2.15. The van der Waals surface area contributed by atoms with Gasteiger partial charge in [-0.15, -0.1) is 11.3 Å². The average molecular weight is 200 g/mol. The third-order valence-electron chi connectivity index (χ3n) is 1.88. The Balaban J connectivity index is 2.85. The second kappa shape index (κ2) is 3.87. The van der Waals surface area contributed by atoms with Crippen molar-refractivity contribution in [2.75, 3.05) is 0 Å². The van der Waals surface area contributed by atoms with Gasteiger partial charge < -0.3 is 16.6 Å². The number of carboxylic acid groups (broad SMARTS) is 1. The summed E-state index contributed by atoms with van der Waals surface area (Å²) in [6, 6.07) is 0.254. The van der Waals surface area contributed by atoms with E-state index in [1.807, 2.05) is 18.4 Å². The van der Waals surface area contributed by atoms with Gasteiger partial charge in [0.2, 0.25) is 0 Å². The van der Waals surface area contributed by atoms with E-state index in [9.17, 15) is 4.79 Å². The van der Waals surface area contributed by atoms with E-state index in [0.717, 1.165) is 10.4 Å². The summed E-state index contributed by atoms with van der Waals surface area (Å²) in [5, 5.41) is 10.5. The molecule has 0 radical (unpaired) electrons. The molecule has 5 N–H and O–H groups in total. The average Bonchev–Trinajstić information content (AvgIpc) is 2.48. The van der Waals surface area contributed by atoms with Crippen LogP contribution in [-0.2, 0) is 4.79 Å². The van der Waals surface area contributed by atoms with Crippen LogP contribution >= 0.6 is 11.3 Å². The maximum absolute atomic E-state index is 10.5. The van der Waals surface area contributed by atoms with Crippen molar-refractivity contribution in [2.24, 2.45) is 11.5 Å². The topological polar surface area (TPSA) is 89.3 Å². The maximum Gasteiger partial charge on any atom is 0.322 e. The van der Waals surface area contributed by atoms with E-state index >= 15 is 0 Å². The molecule has 1 heterocycles. The summed E-state index contributed by atoms with van der Waals surface area (Å²) in [5.41, 5.74) is 12.1. The molecule has 1 aromatic rings. The molecule has 0 amide bonds. The first-order chi connectivity index (χ1) is 6.04. The molecule has 1 aromatic heterocycles. The molecular formula is C8H12N2O2S. The van der Waals surface area contributed by atoms with Crippen LogP contribution in [-0.4, -0.2) is 17.1 Å². The van der Waals surface area contributed by atoms with Crippen LogP contribution in [0.2, 0.25) is 0 Å². The molecule has 0 aromatic carbocycles. The molecule has 5 heteroatoms. The van der Waals surface area contributed by atoms with E-state index in [1.165, 1.54) is 11.3 Å². The van der Waals surface area contributed by atoms with Gasteiger partial charge in [-0.05, 0) is 23.9 Å². The summed E-state index contributed by atoms with van der Waals surface area (Å²) in [6.45, 7) is 1.89. The number of carbonyl (C=O) groups is 1. The van der Waals surface area contributed by atoms with Crippen LogP contribution in [0.5, 0.6) is 0 Å². The van der Waals surface area contributed by atoms with Gasteiger partial charge in [0.05, 0.1) is 6.04 Å². The largest absolute Gasteiger partial charge is 0.480 e. The van der Waals surface area contributed by atoms with Gasteiger partial charge in [-0.2, -0.15) is 0 Å². The third-order valence-corrected chi connectivity index (χ3v) is 3.00. The lowest BCUT2D eigenvalue weighted by molar-refractivity contribution is -0.139. The highest BCUT2D eigenvalue weighted by molar-refractivity contribution is 7.10. The Hall–Kier alpha value is -0.910. The summed E-state index contributed by atoms with van der Waals surface area (Å²) in [6.07, 6.45) is 0. The van der Waals surface area contributed by atoms with Crippen molar-refractivity contribution in [2.45, 2.75) is 19.0 Å². The molecule has 0 aliphatic rings. The lowest BCUT2D eigenvalue weighted by Crippen LogP contribution is -2.40. The standard InChI is InChI=1S/C8H12N2O2S/c1-4-2-3-13-7(4)5(9)6(10)8(11)12/h2-3,5-6H,9-10H2,1H3,(H,11,12). The Bertz CT molecular complexity index is 311. The minimum atomic E-state index is -1.07. The van der Waals surface area contributed by atoms with Gasteiger partial charge in [0.25, 0.3) is 0 Å². The van der Waals surface area contributed by atoms with Gasteiger partial charge in [0, 0.05) is 4.88 Å². The lowest BCUT2D eigenvalue weighted by atomic mass is 10.1. The van der Waals surface area contributed by atoms with Gasteiger partial charge in [0.1, 0.15) is 6.04 Å². The van der Waals surface area contributed by atoms with Crippen LogP contribution in [0.15, 0.2) is 11.4 Å². The van der Waals surface area contributed by atoms with Crippen molar-refractivity contribution in [3.63, 3.8) is 0 Å². The zero-order valence-electron chi connectivity index (χ0n) is 7.23. The summed E-state index contributed by atoms with van der Waals surface area (Å²) >= 11 is 1.44. The minimum absolute atomic E-state index is 0.613. The van der Waals surface area contributed by atoms with Gasteiger partial charge in [-0.25, -0.2) is 0 Å². The van der Waals surface area contributed by atoms with E-state index in [4.69, 9.17) is 16.6 Å². The molecule has 4 nitrogen and oxygen atoms in total. The van der Waals surface area contributed by atoms with E-state index < -0.39 is 18.1 Å². The number of thiophene rings is 1. The van der Waals surface area contributed by atoms with Crippen molar-refractivity contribution < 1.29 is 9.90 Å². The monoisotopic (exact) mass is 200 g/mol. The summed E-state index contributed by atoms with van der Waals surface area (Å²) in [5.74, 6) is -1.07. The number of hydrogen-bond donors (Lipinski definition) is 3. The smallest absolute Gasteiger partial charge is 0.322 e. The summed E-state index contributed by atoms with van der Waals surface area (Å²) in [7, 11) is 0. The first-order valence-electron chi connectivity index (χ1n) is 3.82. The number of aliphatic carboxylic acids is 1.